The summed E-state index contributed by atoms with van der Waals surface area (Å²) in [6, 6.07) is 1.63. The number of hydrogen-bond acceptors (Lipinski definition) is 6. The van der Waals surface area contributed by atoms with Gasteiger partial charge >= 0.3 is 0 Å². The molecule has 0 aliphatic carbocycles. The molecule has 1 aliphatic rings. The molecule has 1 aromatic heterocycles. The number of nitrogen functional groups attached to an aromatic ring is 1. The van der Waals surface area contributed by atoms with E-state index in [0.29, 0.717) is 23.5 Å². The zero-order chi connectivity index (χ0) is 11.4. The summed E-state index contributed by atoms with van der Waals surface area (Å²) in [6.07, 6.45) is 4.25. The molecule has 0 saturated carbocycles. The lowest BCUT2D eigenvalue weighted by atomic mass is 10.2. The van der Waals surface area contributed by atoms with E-state index in [4.69, 9.17) is 15.2 Å². The van der Waals surface area contributed by atoms with Gasteiger partial charge in [-0.25, -0.2) is 4.98 Å². The standard InChI is InChI=1S/C10H15N3O2S/c1-16-10-12-8(11)5-9(13-10)15-6-7-3-2-4-14-7/h5,7H,2-4,6H2,1H3,(H2,11,12,13). The Kier molecular flexibility index (Phi) is 3.84. The largest absolute Gasteiger partial charge is 0.475 e. The van der Waals surface area contributed by atoms with Gasteiger partial charge in [-0.2, -0.15) is 4.98 Å². The van der Waals surface area contributed by atoms with Gasteiger partial charge in [0, 0.05) is 12.7 Å². The van der Waals surface area contributed by atoms with Gasteiger partial charge in [-0.1, -0.05) is 11.8 Å². The van der Waals surface area contributed by atoms with E-state index in [2.05, 4.69) is 9.97 Å². The number of anilines is 1. The Hall–Kier alpha value is -1.01. The van der Waals surface area contributed by atoms with Crippen LogP contribution in [0.1, 0.15) is 12.8 Å². The second kappa shape index (κ2) is 5.36. The fourth-order valence-corrected chi connectivity index (χ4v) is 1.92. The molecule has 0 aromatic carbocycles. The average molecular weight is 241 g/mol. The van der Waals surface area contributed by atoms with Crippen LogP contribution < -0.4 is 10.5 Å². The SMILES string of the molecule is CSc1nc(N)cc(OCC2CCCO2)n1. The van der Waals surface area contributed by atoms with Crippen molar-refractivity contribution in [3.63, 3.8) is 0 Å². The van der Waals surface area contributed by atoms with E-state index in [1.54, 1.807) is 6.07 Å². The number of nitrogens with zero attached hydrogens (tertiary/aromatic N) is 2. The Morgan fingerprint density at radius 1 is 1.62 bits per heavy atom. The molecular weight excluding hydrogens is 226 g/mol. The second-order valence-electron chi connectivity index (χ2n) is 3.56. The third kappa shape index (κ3) is 2.99. The molecule has 1 aliphatic heterocycles. The molecule has 1 saturated heterocycles. The number of aromatic nitrogens is 2. The molecule has 6 heteroatoms. The molecule has 88 valence electrons. The molecule has 1 atom stereocenters. The van der Waals surface area contributed by atoms with Crippen molar-refractivity contribution in [1.82, 2.24) is 9.97 Å². The van der Waals surface area contributed by atoms with Gasteiger partial charge in [0.2, 0.25) is 5.88 Å². The first kappa shape index (κ1) is 11.5. The summed E-state index contributed by atoms with van der Waals surface area (Å²) in [5.41, 5.74) is 5.64. The predicted octanol–water partition coefficient (Wildman–Crippen LogP) is 1.34. The topological polar surface area (TPSA) is 70.3 Å². The van der Waals surface area contributed by atoms with Crippen molar-refractivity contribution in [3.05, 3.63) is 6.07 Å². The van der Waals surface area contributed by atoms with Crippen LogP contribution in [0.4, 0.5) is 5.82 Å². The van der Waals surface area contributed by atoms with Crippen LogP contribution in [0.2, 0.25) is 0 Å². The average Bonchev–Trinajstić information content (AvgIpc) is 2.78. The fraction of sp³-hybridized carbons (Fsp3) is 0.600. The summed E-state index contributed by atoms with van der Waals surface area (Å²) in [4.78, 5) is 8.26. The van der Waals surface area contributed by atoms with Crippen LogP contribution in [0.5, 0.6) is 5.88 Å². The molecule has 2 heterocycles. The van der Waals surface area contributed by atoms with Gasteiger partial charge in [0.05, 0.1) is 6.10 Å². The summed E-state index contributed by atoms with van der Waals surface area (Å²) in [6.45, 7) is 1.36. The number of rotatable bonds is 4. The predicted molar refractivity (Wildman–Crippen MR) is 62.7 cm³/mol. The van der Waals surface area contributed by atoms with E-state index in [1.807, 2.05) is 6.26 Å². The minimum Gasteiger partial charge on any atom is -0.475 e. The first-order chi connectivity index (χ1) is 7.78. The number of ether oxygens (including phenoxy) is 2. The Balaban J connectivity index is 1.94. The summed E-state index contributed by atoms with van der Waals surface area (Å²) in [5, 5.41) is 0.627. The lowest BCUT2D eigenvalue weighted by molar-refractivity contribution is 0.0660. The maximum absolute atomic E-state index is 5.64. The maximum Gasteiger partial charge on any atom is 0.219 e. The molecule has 2 rings (SSSR count). The summed E-state index contributed by atoms with van der Waals surface area (Å²) >= 11 is 1.44. The van der Waals surface area contributed by atoms with Crippen molar-refractivity contribution >= 4 is 17.6 Å². The Morgan fingerprint density at radius 3 is 3.19 bits per heavy atom. The molecule has 0 bridgehead atoms. The van der Waals surface area contributed by atoms with Crippen LogP contribution in [-0.4, -0.2) is 35.5 Å². The molecule has 1 unspecified atom stereocenters. The van der Waals surface area contributed by atoms with Gasteiger partial charge in [0.15, 0.2) is 5.16 Å². The van der Waals surface area contributed by atoms with Crippen LogP contribution in [0.15, 0.2) is 11.2 Å². The van der Waals surface area contributed by atoms with E-state index in [0.717, 1.165) is 19.4 Å². The van der Waals surface area contributed by atoms with E-state index in [9.17, 15) is 0 Å². The van der Waals surface area contributed by atoms with E-state index in [1.165, 1.54) is 11.8 Å². The first-order valence-corrected chi connectivity index (χ1v) is 6.43. The third-order valence-electron chi connectivity index (χ3n) is 2.33. The number of hydrogen-bond donors (Lipinski definition) is 1. The Bertz CT molecular complexity index is 356. The summed E-state index contributed by atoms with van der Waals surface area (Å²) in [5.74, 6) is 0.953. The van der Waals surface area contributed by atoms with Gasteiger partial charge < -0.3 is 15.2 Å². The van der Waals surface area contributed by atoms with Gasteiger partial charge in [-0.3, -0.25) is 0 Å². The molecular formula is C10H15N3O2S. The molecule has 5 nitrogen and oxygen atoms in total. The van der Waals surface area contributed by atoms with Crippen LogP contribution in [0.3, 0.4) is 0 Å². The Morgan fingerprint density at radius 2 is 2.50 bits per heavy atom. The Labute approximate surface area is 98.7 Å². The number of nitrogens with two attached hydrogens (primary N) is 1. The molecule has 1 fully saturated rings. The van der Waals surface area contributed by atoms with E-state index < -0.39 is 0 Å². The molecule has 0 spiro atoms. The zero-order valence-electron chi connectivity index (χ0n) is 9.18. The quantitative estimate of drug-likeness (QED) is 0.633. The normalized spacial score (nSPS) is 19.9. The smallest absolute Gasteiger partial charge is 0.219 e. The van der Waals surface area contributed by atoms with Crippen molar-refractivity contribution in [2.24, 2.45) is 0 Å². The van der Waals surface area contributed by atoms with Crippen molar-refractivity contribution in [1.29, 1.82) is 0 Å². The van der Waals surface area contributed by atoms with Gasteiger partial charge in [-0.05, 0) is 19.1 Å². The zero-order valence-corrected chi connectivity index (χ0v) is 10.00. The summed E-state index contributed by atoms with van der Waals surface area (Å²) < 4.78 is 11.0. The highest BCUT2D eigenvalue weighted by molar-refractivity contribution is 7.98. The van der Waals surface area contributed by atoms with Gasteiger partial charge in [0.25, 0.3) is 0 Å². The second-order valence-corrected chi connectivity index (χ2v) is 4.34. The van der Waals surface area contributed by atoms with Crippen LogP contribution in [-0.2, 0) is 4.74 Å². The minimum absolute atomic E-state index is 0.189. The molecule has 0 amide bonds. The third-order valence-corrected chi connectivity index (χ3v) is 2.87. The van der Waals surface area contributed by atoms with Crippen LogP contribution in [0, 0.1) is 0 Å². The van der Waals surface area contributed by atoms with Gasteiger partial charge in [-0.15, -0.1) is 0 Å². The van der Waals surface area contributed by atoms with Crippen LogP contribution in [0.25, 0.3) is 0 Å². The summed E-state index contributed by atoms with van der Waals surface area (Å²) in [7, 11) is 0. The highest BCUT2D eigenvalue weighted by atomic mass is 32.2. The van der Waals surface area contributed by atoms with Crippen molar-refractivity contribution < 1.29 is 9.47 Å². The van der Waals surface area contributed by atoms with Crippen molar-refractivity contribution in [2.45, 2.75) is 24.1 Å². The highest BCUT2D eigenvalue weighted by Crippen LogP contribution is 2.18. The molecule has 1 aromatic rings. The van der Waals surface area contributed by atoms with E-state index >= 15 is 0 Å². The minimum atomic E-state index is 0.189. The fourth-order valence-electron chi connectivity index (χ4n) is 1.54. The van der Waals surface area contributed by atoms with Gasteiger partial charge in [0.1, 0.15) is 12.4 Å². The number of thioether (sulfide) groups is 1. The first-order valence-electron chi connectivity index (χ1n) is 5.21. The van der Waals surface area contributed by atoms with Crippen molar-refractivity contribution in [2.75, 3.05) is 25.2 Å². The molecule has 2 N–H and O–H groups in total. The lowest BCUT2D eigenvalue weighted by Crippen LogP contribution is -2.17. The highest BCUT2D eigenvalue weighted by Gasteiger charge is 2.16. The van der Waals surface area contributed by atoms with Crippen molar-refractivity contribution in [3.8, 4) is 5.88 Å². The monoisotopic (exact) mass is 241 g/mol. The van der Waals surface area contributed by atoms with E-state index in [-0.39, 0.29) is 6.10 Å². The lowest BCUT2D eigenvalue weighted by Gasteiger charge is -2.11. The molecule has 16 heavy (non-hydrogen) atoms. The van der Waals surface area contributed by atoms with Crippen LogP contribution >= 0.6 is 11.8 Å². The maximum atomic E-state index is 5.64. The molecule has 0 radical (unpaired) electrons.